The van der Waals surface area contributed by atoms with Gasteiger partial charge in [-0.25, -0.2) is 0 Å². The SMILES string of the molecule is CCCNC1CCCN(c2cc(Cl)c(Cl)cc2Cl)C1. The van der Waals surface area contributed by atoms with Crippen LogP contribution in [0.3, 0.4) is 0 Å². The molecule has 1 fully saturated rings. The summed E-state index contributed by atoms with van der Waals surface area (Å²) >= 11 is 18.3. The van der Waals surface area contributed by atoms with Crippen LogP contribution in [-0.4, -0.2) is 25.7 Å². The van der Waals surface area contributed by atoms with Crippen molar-refractivity contribution in [3.05, 3.63) is 27.2 Å². The van der Waals surface area contributed by atoms with Gasteiger partial charge < -0.3 is 10.2 Å². The number of nitrogens with one attached hydrogen (secondary N) is 1. The first-order chi connectivity index (χ1) is 9.11. The Bertz CT molecular complexity index is 437. The first-order valence-electron chi connectivity index (χ1n) is 6.74. The lowest BCUT2D eigenvalue weighted by Crippen LogP contribution is -2.46. The van der Waals surface area contributed by atoms with Crippen LogP contribution in [0.4, 0.5) is 5.69 Å². The molecule has 1 atom stereocenters. The Morgan fingerprint density at radius 2 is 1.95 bits per heavy atom. The van der Waals surface area contributed by atoms with Crippen molar-refractivity contribution in [2.45, 2.75) is 32.2 Å². The molecule has 0 saturated carbocycles. The number of benzene rings is 1. The predicted octanol–water partition coefficient (Wildman–Crippen LogP) is 4.62. The van der Waals surface area contributed by atoms with Crippen LogP contribution in [0.2, 0.25) is 15.1 Å². The van der Waals surface area contributed by atoms with Crippen LogP contribution in [0.15, 0.2) is 12.1 Å². The average molecular weight is 322 g/mol. The number of nitrogens with zero attached hydrogens (tertiary/aromatic N) is 1. The second kappa shape index (κ2) is 7.03. The fourth-order valence-electron chi connectivity index (χ4n) is 2.47. The molecule has 0 aromatic heterocycles. The molecule has 106 valence electrons. The summed E-state index contributed by atoms with van der Waals surface area (Å²) < 4.78 is 0. The first-order valence-corrected chi connectivity index (χ1v) is 7.88. The molecule has 2 rings (SSSR count). The molecule has 0 spiro atoms. The van der Waals surface area contributed by atoms with Gasteiger partial charge in [0, 0.05) is 19.1 Å². The Hall–Kier alpha value is -0.150. The highest BCUT2D eigenvalue weighted by Crippen LogP contribution is 2.35. The number of rotatable bonds is 4. The summed E-state index contributed by atoms with van der Waals surface area (Å²) in [6.45, 7) is 5.23. The Morgan fingerprint density at radius 1 is 1.21 bits per heavy atom. The van der Waals surface area contributed by atoms with Crippen LogP contribution in [0.1, 0.15) is 26.2 Å². The molecule has 5 heteroatoms. The van der Waals surface area contributed by atoms with Crippen LogP contribution in [0, 0.1) is 0 Å². The molecular formula is C14H19Cl3N2. The summed E-state index contributed by atoms with van der Waals surface area (Å²) in [5.41, 5.74) is 0.985. The van der Waals surface area contributed by atoms with Crippen molar-refractivity contribution in [2.24, 2.45) is 0 Å². The molecule has 0 amide bonds. The normalized spacial score (nSPS) is 19.8. The molecular weight excluding hydrogens is 303 g/mol. The Kier molecular flexibility index (Phi) is 5.64. The van der Waals surface area contributed by atoms with Gasteiger partial charge in [0.15, 0.2) is 0 Å². The fraction of sp³-hybridized carbons (Fsp3) is 0.571. The topological polar surface area (TPSA) is 15.3 Å². The zero-order valence-corrected chi connectivity index (χ0v) is 13.3. The van der Waals surface area contributed by atoms with E-state index < -0.39 is 0 Å². The van der Waals surface area contributed by atoms with E-state index in [1.54, 1.807) is 6.07 Å². The molecule has 1 aromatic carbocycles. The fourth-order valence-corrected chi connectivity index (χ4v) is 3.13. The largest absolute Gasteiger partial charge is 0.369 e. The number of halogens is 3. The average Bonchev–Trinajstić information content (AvgIpc) is 2.41. The van der Waals surface area contributed by atoms with E-state index in [1.165, 1.54) is 6.42 Å². The Morgan fingerprint density at radius 3 is 2.68 bits per heavy atom. The highest BCUT2D eigenvalue weighted by Gasteiger charge is 2.21. The smallest absolute Gasteiger partial charge is 0.0655 e. The molecule has 0 aliphatic carbocycles. The summed E-state index contributed by atoms with van der Waals surface area (Å²) in [4.78, 5) is 2.29. The van der Waals surface area contributed by atoms with Gasteiger partial charge in [0.1, 0.15) is 0 Å². The molecule has 1 N–H and O–H groups in total. The van der Waals surface area contributed by atoms with Gasteiger partial charge >= 0.3 is 0 Å². The molecule has 2 nitrogen and oxygen atoms in total. The zero-order chi connectivity index (χ0) is 13.8. The number of hydrogen-bond donors (Lipinski definition) is 1. The van der Waals surface area contributed by atoms with Crippen molar-refractivity contribution in [3.63, 3.8) is 0 Å². The quantitative estimate of drug-likeness (QED) is 0.814. The maximum absolute atomic E-state index is 6.28. The van der Waals surface area contributed by atoms with Gasteiger partial charge in [0.05, 0.1) is 20.8 Å². The predicted molar refractivity (Wildman–Crippen MR) is 85.0 cm³/mol. The van der Waals surface area contributed by atoms with Gasteiger partial charge in [-0.15, -0.1) is 0 Å². The highest BCUT2D eigenvalue weighted by atomic mass is 35.5. The van der Waals surface area contributed by atoms with Gasteiger partial charge in [0.25, 0.3) is 0 Å². The second-order valence-electron chi connectivity index (χ2n) is 4.96. The van der Waals surface area contributed by atoms with Gasteiger partial charge in [-0.05, 0) is 37.9 Å². The molecule has 1 aromatic rings. The number of hydrogen-bond acceptors (Lipinski definition) is 2. The summed E-state index contributed by atoms with van der Waals surface area (Å²) in [5, 5.41) is 5.31. The van der Waals surface area contributed by atoms with Gasteiger partial charge in [-0.1, -0.05) is 41.7 Å². The van der Waals surface area contributed by atoms with Crippen LogP contribution in [0.5, 0.6) is 0 Å². The van der Waals surface area contributed by atoms with Crippen LogP contribution >= 0.6 is 34.8 Å². The summed E-state index contributed by atoms with van der Waals surface area (Å²) in [6, 6.07) is 4.12. The molecule has 1 aliphatic rings. The Balaban J connectivity index is 2.10. The van der Waals surface area contributed by atoms with E-state index in [1.807, 2.05) is 6.07 Å². The van der Waals surface area contributed by atoms with E-state index in [-0.39, 0.29) is 0 Å². The van der Waals surface area contributed by atoms with Crippen molar-refractivity contribution in [1.82, 2.24) is 5.32 Å². The van der Waals surface area contributed by atoms with Crippen molar-refractivity contribution in [3.8, 4) is 0 Å². The third kappa shape index (κ3) is 3.91. The third-order valence-electron chi connectivity index (χ3n) is 3.43. The van der Waals surface area contributed by atoms with Gasteiger partial charge in [0.2, 0.25) is 0 Å². The molecule has 0 radical (unpaired) electrons. The van der Waals surface area contributed by atoms with Crippen LogP contribution in [0.25, 0.3) is 0 Å². The van der Waals surface area contributed by atoms with Crippen molar-refractivity contribution in [1.29, 1.82) is 0 Å². The van der Waals surface area contributed by atoms with Crippen LogP contribution < -0.4 is 10.2 Å². The molecule has 19 heavy (non-hydrogen) atoms. The van der Waals surface area contributed by atoms with E-state index in [4.69, 9.17) is 34.8 Å². The molecule has 1 heterocycles. The monoisotopic (exact) mass is 320 g/mol. The molecule has 1 aliphatic heterocycles. The lowest BCUT2D eigenvalue weighted by Gasteiger charge is -2.35. The van der Waals surface area contributed by atoms with E-state index in [9.17, 15) is 0 Å². The zero-order valence-electron chi connectivity index (χ0n) is 11.1. The standard InChI is InChI=1S/C14H19Cl3N2/c1-2-5-18-10-4-3-6-19(9-10)14-8-12(16)11(15)7-13(14)17/h7-8,10,18H,2-6,9H2,1H3. The van der Waals surface area contributed by atoms with Crippen molar-refractivity contribution < 1.29 is 0 Å². The molecule has 0 bridgehead atoms. The Labute approximate surface area is 130 Å². The minimum atomic E-state index is 0.507. The third-order valence-corrected chi connectivity index (χ3v) is 4.46. The molecule has 1 saturated heterocycles. The summed E-state index contributed by atoms with van der Waals surface area (Å²) in [5.74, 6) is 0. The minimum Gasteiger partial charge on any atom is -0.369 e. The minimum absolute atomic E-state index is 0.507. The summed E-state index contributed by atoms with van der Waals surface area (Å²) in [7, 11) is 0. The molecule has 1 unspecified atom stereocenters. The number of anilines is 1. The van der Waals surface area contributed by atoms with Gasteiger partial charge in [-0.3, -0.25) is 0 Å². The van der Waals surface area contributed by atoms with Gasteiger partial charge in [-0.2, -0.15) is 0 Å². The summed E-state index contributed by atoms with van der Waals surface area (Å²) in [6.07, 6.45) is 3.54. The highest BCUT2D eigenvalue weighted by molar-refractivity contribution is 6.44. The van der Waals surface area contributed by atoms with Crippen LogP contribution in [-0.2, 0) is 0 Å². The van der Waals surface area contributed by atoms with Crippen molar-refractivity contribution in [2.75, 3.05) is 24.5 Å². The maximum atomic E-state index is 6.28. The lowest BCUT2D eigenvalue weighted by atomic mass is 10.0. The van der Waals surface area contributed by atoms with Crippen molar-refractivity contribution >= 4 is 40.5 Å². The lowest BCUT2D eigenvalue weighted by molar-refractivity contribution is 0.423. The first kappa shape index (κ1) is 15.2. The van der Waals surface area contributed by atoms with E-state index in [2.05, 4.69) is 17.1 Å². The van der Waals surface area contributed by atoms with E-state index in [0.717, 1.165) is 38.2 Å². The number of piperidine rings is 1. The van der Waals surface area contributed by atoms with E-state index >= 15 is 0 Å². The maximum Gasteiger partial charge on any atom is 0.0655 e. The second-order valence-corrected chi connectivity index (χ2v) is 6.18. The van der Waals surface area contributed by atoms with E-state index in [0.29, 0.717) is 21.1 Å².